The Balaban J connectivity index is 1.62. The van der Waals surface area contributed by atoms with E-state index in [2.05, 4.69) is 24.5 Å². The Kier molecular flexibility index (Phi) is 7.01. The van der Waals surface area contributed by atoms with Crippen LogP contribution in [0.4, 0.5) is 18.9 Å². The van der Waals surface area contributed by atoms with Gasteiger partial charge in [-0.25, -0.2) is 0 Å². The van der Waals surface area contributed by atoms with Crippen LogP contribution in [0.25, 0.3) is 0 Å². The van der Waals surface area contributed by atoms with Crippen molar-refractivity contribution in [1.82, 2.24) is 15.1 Å². The smallest absolute Gasteiger partial charge is 0.325 e. The molecule has 2 N–H and O–H groups in total. The molecule has 1 amide bonds. The Morgan fingerprint density at radius 1 is 1.08 bits per heavy atom. The molecule has 0 bridgehead atoms. The quantitative estimate of drug-likeness (QED) is 0.416. The number of aromatic nitrogens is 2. The fourth-order valence-electron chi connectivity index (χ4n) is 4.59. The second kappa shape index (κ2) is 9.73. The van der Waals surface area contributed by atoms with E-state index in [-0.39, 0.29) is 17.4 Å². The van der Waals surface area contributed by atoms with Crippen LogP contribution in [-0.2, 0) is 16.5 Å². The van der Waals surface area contributed by atoms with Gasteiger partial charge in [0.05, 0.1) is 22.8 Å². The molecule has 2 heterocycles. The summed E-state index contributed by atoms with van der Waals surface area (Å²) in [5.74, 6) is -0.105. The highest BCUT2D eigenvalue weighted by Crippen LogP contribution is 2.41. The number of benzene rings is 2. The topological polar surface area (TPSA) is 59.0 Å². The Morgan fingerprint density at radius 3 is 2.36 bits per heavy atom. The number of halogens is 3. The average molecular weight is 499 g/mol. The van der Waals surface area contributed by atoms with Crippen LogP contribution < -0.4 is 10.6 Å². The number of hydrogen-bond donors (Lipinski definition) is 2. The molecule has 3 aromatic rings. The summed E-state index contributed by atoms with van der Waals surface area (Å²) in [6.45, 7) is 10.3. The summed E-state index contributed by atoms with van der Waals surface area (Å²) in [5, 5.41) is 11.0. The van der Waals surface area contributed by atoms with E-state index in [1.807, 2.05) is 62.0 Å². The lowest BCUT2D eigenvalue weighted by atomic mass is 9.90. The molecule has 0 saturated carbocycles. The van der Waals surface area contributed by atoms with E-state index in [1.54, 1.807) is 6.07 Å². The SMILES string of the molecule is CC(C)c1ccc(NC(=O)[C@@H]2CC(c3ccn(C(C)(C)C)n3)[C@H](c3cccc(C(F)(F)F)c3)N2)cc1. The number of carbonyl (C=O) groups excluding carboxylic acids is 1. The van der Waals surface area contributed by atoms with Crippen LogP contribution in [-0.4, -0.2) is 21.7 Å². The summed E-state index contributed by atoms with van der Waals surface area (Å²) in [7, 11) is 0. The zero-order chi connectivity index (χ0) is 26.3. The van der Waals surface area contributed by atoms with E-state index in [0.717, 1.165) is 17.8 Å². The lowest BCUT2D eigenvalue weighted by molar-refractivity contribution is -0.137. The summed E-state index contributed by atoms with van der Waals surface area (Å²) in [4.78, 5) is 13.2. The predicted molar refractivity (Wildman–Crippen MR) is 135 cm³/mol. The molecular weight excluding hydrogens is 465 g/mol. The van der Waals surface area contributed by atoms with Gasteiger partial charge >= 0.3 is 6.18 Å². The number of alkyl halides is 3. The number of nitrogens with one attached hydrogen (secondary N) is 2. The molecule has 1 fully saturated rings. The van der Waals surface area contributed by atoms with Crippen LogP contribution in [0.2, 0.25) is 0 Å². The molecule has 0 aliphatic carbocycles. The molecule has 2 aromatic carbocycles. The van der Waals surface area contributed by atoms with Gasteiger partial charge in [-0.15, -0.1) is 0 Å². The Bertz CT molecular complexity index is 1210. The van der Waals surface area contributed by atoms with Gasteiger partial charge in [0.2, 0.25) is 5.91 Å². The first-order valence-electron chi connectivity index (χ1n) is 12.2. The maximum atomic E-state index is 13.4. The van der Waals surface area contributed by atoms with Gasteiger partial charge < -0.3 is 5.32 Å². The number of carbonyl (C=O) groups is 1. The van der Waals surface area contributed by atoms with Gasteiger partial charge in [0.15, 0.2) is 0 Å². The number of hydrogen-bond acceptors (Lipinski definition) is 3. The largest absolute Gasteiger partial charge is 0.416 e. The molecule has 8 heteroatoms. The highest BCUT2D eigenvalue weighted by atomic mass is 19.4. The first-order valence-corrected chi connectivity index (χ1v) is 12.2. The lowest BCUT2D eigenvalue weighted by Gasteiger charge is -2.21. The molecule has 192 valence electrons. The van der Waals surface area contributed by atoms with Gasteiger partial charge in [-0.2, -0.15) is 18.3 Å². The van der Waals surface area contributed by atoms with Crippen LogP contribution in [0.3, 0.4) is 0 Å². The van der Waals surface area contributed by atoms with Crippen molar-refractivity contribution in [3.63, 3.8) is 0 Å². The van der Waals surface area contributed by atoms with E-state index < -0.39 is 23.8 Å². The monoisotopic (exact) mass is 498 g/mol. The molecule has 1 saturated heterocycles. The molecule has 0 radical (unpaired) electrons. The summed E-state index contributed by atoms with van der Waals surface area (Å²) in [6.07, 6.45) is -2.16. The Hall–Kier alpha value is -3.13. The van der Waals surface area contributed by atoms with Crippen LogP contribution >= 0.6 is 0 Å². The summed E-state index contributed by atoms with van der Waals surface area (Å²) < 4.78 is 42.1. The van der Waals surface area contributed by atoms with Crippen LogP contribution in [0.15, 0.2) is 60.8 Å². The van der Waals surface area contributed by atoms with Gasteiger partial charge in [0, 0.05) is 23.8 Å². The number of nitrogens with zero attached hydrogens (tertiary/aromatic N) is 2. The second-order valence-electron chi connectivity index (χ2n) is 10.8. The van der Waals surface area contributed by atoms with Crippen molar-refractivity contribution in [2.45, 2.75) is 76.7 Å². The zero-order valence-corrected chi connectivity index (χ0v) is 21.2. The number of rotatable bonds is 5. The van der Waals surface area contributed by atoms with E-state index in [9.17, 15) is 18.0 Å². The van der Waals surface area contributed by atoms with E-state index in [0.29, 0.717) is 23.6 Å². The van der Waals surface area contributed by atoms with Crippen molar-refractivity contribution in [3.8, 4) is 0 Å². The molecule has 1 aliphatic rings. The first-order chi connectivity index (χ1) is 16.8. The second-order valence-corrected chi connectivity index (χ2v) is 10.8. The fourth-order valence-corrected chi connectivity index (χ4v) is 4.59. The highest BCUT2D eigenvalue weighted by molar-refractivity contribution is 5.95. The molecule has 1 aliphatic heterocycles. The molecule has 1 aromatic heterocycles. The maximum Gasteiger partial charge on any atom is 0.416 e. The molecule has 36 heavy (non-hydrogen) atoms. The van der Waals surface area contributed by atoms with Crippen molar-refractivity contribution in [1.29, 1.82) is 0 Å². The van der Waals surface area contributed by atoms with E-state index >= 15 is 0 Å². The van der Waals surface area contributed by atoms with Gasteiger partial charge in [-0.3, -0.25) is 14.8 Å². The minimum atomic E-state index is -4.45. The van der Waals surface area contributed by atoms with Crippen LogP contribution in [0.1, 0.15) is 81.3 Å². The maximum absolute atomic E-state index is 13.4. The normalized spacial score (nSPS) is 20.6. The molecule has 4 rings (SSSR count). The molecular formula is C28H33F3N4O. The average Bonchev–Trinajstić information content (AvgIpc) is 3.46. The summed E-state index contributed by atoms with van der Waals surface area (Å²) in [5.41, 5.74) is 2.13. The number of amides is 1. The van der Waals surface area contributed by atoms with Gasteiger partial charge in [0.1, 0.15) is 0 Å². The molecule has 3 atom stereocenters. The van der Waals surface area contributed by atoms with Gasteiger partial charge in [-0.1, -0.05) is 38.1 Å². The van der Waals surface area contributed by atoms with Crippen molar-refractivity contribution in [3.05, 3.63) is 83.2 Å². The summed E-state index contributed by atoms with van der Waals surface area (Å²) >= 11 is 0. The first kappa shape index (κ1) is 25.9. The molecule has 1 unspecified atom stereocenters. The summed E-state index contributed by atoms with van der Waals surface area (Å²) in [6, 6.07) is 13.8. The van der Waals surface area contributed by atoms with Crippen molar-refractivity contribution in [2.75, 3.05) is 5.32 Å². The molecule has 0 spiro atoms. The fraction of sp³-hybridized carbons (Fsp3) is 0.429. The third-order valence-electron chi connectivity index (χ3n) is 6.68. The Morgan fingerprint density at radius 2 is 1.78 bits per heavy atom. The van der Waals surface area contributed by atoms with Crippen LogP contribution in [0.5, 0.6) is 0 Å². The highest BCUT2D eigenvalue weighted by Gasteiger charge is 2.41. The van der Waals surface area contributed by atoms with Crippen LogP contribution in [0, 0.1) is 0 Å². The van der Waals surface area contributed by atoms with Crippen molar-refractivity contribution in [2.24, 2.45) is 0 Å². The van der Waals surface area contributed by atoms with Crippen molar-refractivity contribution >= 4 is 11.6 Å². The van der Waals surface area contributed by atoms with Crippen molar-refractivity contribution < 1.29 is 18.0 Å². The molecule has 5 nitrogen and oxygen atoms in total. The predicted octanol–water partition coefficient (Wildman–Crippen LogP) is 6.61. The van der Waals surface area contributed by atoms with Gasteiger partial charge in [0.25, 0.3) is 0 Å². The zero-order valence-electron chi connectivity index (χ0n) is 21.2. The van der Waals surface area contributed by atoms with E-state index in [1.165, 1.54) is 11.6 Å². The minimum Gasteiger partial charge on any atom is -0.325 e. The lowest BCUT2D eigenvalue weighted by Crippen LogP contribution is -2.36. The minimum absolute atomic E-state index is 0.220. The van der Waals surface area contributed by atoms with E-state index in [4.69, 9.17) is 5.10 Å². The Labute approximate surface area is 210 Å². The third-order valence-corrected chi connectivity index (χ3v) is 6.68. The van der Waals surface area contributed by atoms with Gasteiger partial charge in [-0.05, 0) is 74.6 Å². The third kappa shape index (κ3) is 5.64. The standard InChI is InChI=1S/C28H33F3N4O/c1-17(2)18-9-11-21(12-10-18)32-26(36)24-16-22(23-13-14-35(34-23)27(3,4)5)25(33-24)19-7-6-8-20(15-19)28(29,30)31/h6-15,17,22,24-25,33H,16H2,1-5H3,(H,32,36)/t22?,24-,25-/m0/s1. The number of anilines is 1.